The number of pyridine rings is 1. The first-order valence-corrected chi connectivity index (χ1v) is 5.74. The van der Waals surface area contributed by atoms with Gasteiger partial charge < -0.3 is 11.1 Å². The highest BCUT2D eigenvalue weighted by Gasteiger charge is 2.14. The minimum Gasteiger partial charge on any atom is -0.350 e. The maximum atomic E-state index is 11.9. The van der Waals surface area contributed by atoms with Crippen LogP contribution in [0.25, 0.3) is 0 Å². The van der Waals surface area contributed by atoms with Gasteiger partial charge in [-0.1, -0.05) is 36.4 Å². The topological polar surface area (TPSA) is 68.0 Å². The summed E-state index contributed by atoms with van der Waals surface area (Å²) < 4.78 is 0. The summed E-state index contributed by atoms with van der Waals surface area (Å²) in [6, 6.07) is 12.6. The van der Waals surface area contributed by atoms with Gasteiger partial charge >= 0.3 is 0 Å². The highest BCUT2D eigenvalue weighted by molar-refractivity contribution is 5.82. The normalized spacial score (nSPS) is 11.8. The Balaban J connectivity index is 1.93. The summed E-state index contributed by atoms with van der Waals surface area (Å²) in [5, 5.41) is 2.81. The second-order valence-electron chi connectivity index (χ2n) is 3.97. The first kappa shape index (κ1) is 12.3. The number of nitrogens with zero attached hydrogens (tertiary/aromatic N) is 1. The van der Waals surface area contributed by atoms with Crippen molar-refractivity contribution in [3.05, 3.63) is 66.0 Å². The summed E-state index contributed by atoms with van der Waals surface area (Å²) in [6.45, 7) is 0.480. The summed E-state index contributed by atoms with van der Waals surface area (Å²) in [7, 11) is 0. The molecule has 0 fully saturated rings. The lowest BCUT2D eigenvalue weighted by atomic mass is 10.1. The fourth-order valence-electron chi connectivity index (χ4n) is 1.61. The molecule has 0 saturated carbocycles. The van der Waals surface area contributed by atoms with Crippen LogP contribution in [0.2, 0.25) is 0 Å². The zero-order valence-corrected chi connectivity index (χ0v) is 9.91. The molecule has 0 saturated heterocycles. The molecule has 1 aromatic heterocycles. The quantitative estimate of drug-likeness (QED) is 0.850. The van der Waals surface area contributed by atoms with E-state index in [0.717, 1.165) is 5.56 Å². The molecule has 0 spiro atoms. The number of carbonyl (C=O) groups is 1. The van der Waals surface area contributed by atoms with Crippen molar-refractivity contribution in [1.82, 2.24) is 10.3 Å². The van der Waals surface area contributed by atoms with E-state index in [0.29, 0.717) is 12.1 Å². The predicted molar refractivity (Wildman–Crippen MR) is 69.5 cm³/mol. The molecule has 92 valence electrons. The SMILES string of the molecule is NC(C(=O)NCc1ccccc1)c1cccnc1. The molecule has 0 radical (unpaired) electrons. The van der Waals surface area contributed by atoms with E-state index >= 15 is 0 Å². The summed E-state index contributed by atoms with van der Waals surface area (Å²) in [5.74, 6) is -0.202. The van der Waals surface area contributed by atoms with Gasteiger partial charge in [-0.2, -0.15) is 0 Å². The molecule has 1 amide bonds. The van der Waals surface area contributed by atoms with Gasteiger partial charge in [0.15, 0.2) is 0 Å². The lowest BCUT2D eigenvalue weighted by molar-refractivity contribution is -0.122. The third-order valence-corrected chi connectivity index (χ3v) is 2.64. The van der Waals surface area contributed by atoms with E-state index in [1.54, 1.807) is 24.5 Å². The molecule has 0 aliphatic rings. The molecule has 4 nitrogen and oxygen atoms in total. The molecule has 4 heteroatoms. The largest absolute Gasteiger partial charge is 0.350 e. The number of hydrogen-bond acceptors (Lipinski definition) is 3. The zero-order chi connectivity index (χ0) is 12.8. The minimum absolute atomic E-state index is 0.202. The Kier molecular flexibility index (Phi) is 4.04. The maximum Gasteiger partial charge on any atom is 0.241 e. The van der Waals surface area contributed by atoms with E-state index in [9.17, 15) is 4.79 Å². The smallest absolute Gasteiger partial charge is 0.241 e. The van der Waals surface area contributed by atoms with Crippen LogP contribution in [-0.4, -0.2) is 10.9 Å². The van der Waals surface area contributed by atoms with E-state index in [2.05, 4.69) is 10.3 Å². The number of nitrogens with two attached hydrogens (primary N) is 1. The van der Waals surface area contributed by atoms with Crippen LogP contribution in [0.15, 0.2) is 54.9 Å². The Bertz CT molecular complexity index is 499. The molecule has 1 aromatic carbocycles. The highest BCUT2D eigenvalue weighted by atomic mass is 16.2. The van der Waals surface area contributed by atoms with Crippen LogP contribution < -0.4 is 11.1 Å². The second-order valence-corrected chi connectivity index (χ2v) is 3.97. The summed E-state index contributed by atoms with van der Waals surface area (Å²) >= 11 is 0. The van der Waals surface area contributed by atoms with Gasteiger partial charge in [0.05, 0.1) is 0 Å². The standard InChI is InChI=1S/C14H15N3O/c15-13(12-7-4-8-16-10-12)14(18)17-9-11-5-2-1-3-6-11/h1-8,10,13H,9,15H2,(H,17,18). The van der Waals surface area contributed by atoms with Crippen LogP contribution in [0, 0.1) is 0 Å². The van der Waals surface area contributed by atoms with E-state index < -0.39 is 6.04 Å². The van der Waals surface area contributed by atoms with Crippen molar-refractivity contribution in [1.29, 1.82) is 0 Å². The molecule has 2 rings (SSSR count). The number of carbonyl (C=O) groups excluding carboxylic acids is 1. The van der Waals surface area contributed by atoms with Gasteiger partial charge in [-0.05, 0) is 17.2 Å². The molecule has 1 unspecified atom stereocenters. The number of benzene rings is 1. The third-order valence-electron chi connectivity index (χ3n) is 2.64. The summed E-state index contributed by atoms with van der Waals surface area (Å²) in [6.07, 6.45) is 3.25. The van der Waals surface area contributed by atoms with Gasteiger partial charge in [-0.3, -0.25) is 9.78 Å². The Hall–Kier alpha value is -2.20. The third kappa shape index (κ3) is 3.15. The molecule has 0 aliphatic carbocycles. The molecular formula is C14H15N3O. The van der Waals surface area contributed by atoms with Crippen molar-refractivity contribution in [2.24, 2.45) is 5.73 Å². The van der Waals surface area contributed by atoms with E-state index in [1.165, 1.54) is 0 Å². The van der Waals surface area contributed by atoms with Crippen LogP contribution in [0.1, 0.15) is 17.2 Å². The molecule has 2 aromatic rings. The lowest BCUT2D eigenvalue weighted by Crippen LogP contribution is -2.33. The minimum atomic E-state index is -0.678. The van der Waals surface area contributed by atoms with Crippen molar-refractivity contribution in [3.63, 3.8) is 0 Å². The Morgan fingerprint density at radius 1 is 1.22 bits per heavy atom. The Morgan fingerprint density at radius 2 is 2.00 bits per heavy atom. The Morgan fingerprint density at radius 3 is 2.67 bits per heavy atom. The van der Waals surface area contributed by atoms with Crippen LogP contribution >= 0.6 is 0 Å². The average molecular weight is 241 g/mol. The van der Waals surface area contributed by atoms with E-state index in [4.69, 9.17) is 5.73 Å². The summed E-state index contributed by atoms with van der Waals surface area (Å²) in [5.41, 5.74) is 7.61. The van der Waals surface area contributed by atoms with E-state index in [-0.39, 0.29) is 5.91 Å². The van der Waals surface area contributed by atoms with Crippen LogP contribution in [0.5, 0.6) is 0 Å². The zero-order valence-electron chi connectivity index (χ0n) is 9.91. The fraction of sp³-hybridized carbons (Fsp3) is 0.143. The molecular weight excluding hydrogens is 226 g/mol. The van der Waals surface area contributed by atoms with Crippen LogP contribution in [0.3, 0.4) is 0 Å². The summed E-state index contributed by atoms with van der Waals surface area (Å²) in [4.78, 5) is 15.8. The number of amides is 1. The second kappa shape index (κ2) is 5.93. The van der Waals surface area contributed by atoms with Crippen molar-refractivity contribution in [2.45, 2.75) is 12.6 Å². The van der Waals surface area contributed by atoms with E-state index in [1.807, 2.05) is 30.3 Å². The molecule has 0 aliphatic heterocycles. The fourth-order valence-corrected chi connectivity index (χ4v) is 1.61. The molecule has 1 atom stereocenters. The van der Waals surface area contributed by atoms with Gasteiger partial charge in [0.2, 0.25) is 5.91 Å². The van der Waals surface area contributed by atoms with Crippen LogP contribution in [0.4, 0.5) is 0 Å². The van der Waals surface area contributed by atoms with Gasteiger partial charge in [-0.25, -0.2) is 0 Å². The first-order valence-electron chi connectivity index (χ1n) is 5.74. The molecule has 0 bridgehead atoms. The van der Waals surface area contributed by atoms with Crippen molar-refractivity contribution in [3.8, 4) is 0 Å². The first-order chi connectivity index (χ1) is 8.77. The highest BCUT2D eigenvalue weighted by Crippen LogP contribution is 2.08. The van der Waals surface area contributed by atoms with Crippen molar-refractivity contribution < 1.29 is 4.79 Å². The van der Waals surface area contributed by atoms with Gasteiger partial charge in [-0.15, -0.1) is 0 Å². The average Bonchev–Trinajstić information content (AvgIpc) is 2.46. The molecule has 1 heterocycles. The number of aromatic nitrogens is 1. The van der Waals surface area contributed by atoms with Gasteiger partial charge in [0, 0.05) is 18.9 Å². The van der Waals surface area contributed by atoms with Crippen molar-refractivity contribution in [2.75, 3.05) is 0 Å². The van der Waals surface area contributed by atoms with Crippen molar-refractivity contribution >= 4 is 5.91 Å². The number of rotatable bonds is 4. The maximum absolute atomic E-state index is 11.9. The predicted octanol–water partition coefficient (Wildman–Crippen LogP) is 1.40. The molecule has 3 N–H and O–H groups in total. The molecule has 18 heavy (non-hydrogen) atoms. The van der Waals surface area contributed by atoms with Crippen LogP contribution in [-0.2, 0) is 11.3 Å². The van der Waals surface area contributed by atoms with Gasteiger partial charge in [0.1, 0.15) is 6.04 Å². The monoisotopic (exact) mass is 241 g/mol. The number of hydrogen-bond donors (Lipinski definition) is 2. The Labute approximate surface area is 106 Å². The number of nitrogens with one attached hydrogen (secondary N) is 1. The van der Waals surface area contributed by atoms with Gasteiger partial charge in [0.25, 0.3) is 0 Å². The lowest BCUT2D eigenvalue weighted by Gasteiger charge is -2.12.